The van der Waals surface area contributed by atoms with Crippen LogP contribution in [-0.2, 0) is 6.42 Å². The SMILES string of the molecule is CC(C)=CCNC1CCc2ccsc21. The van der Waals surface area contributed by atoms with Crippen LogP contribution in [-0.4, -0.2) is 6.54 Å². The molecule has 1 aromatic heterocycles. The molecule has 0 bridgehead atoms. The maximum atomic E-state index is 3.59. The van der Waals surface area contributed by atoms with Crippen molar-refractivity contribution in [3.05, 3.63) is 33.5 Å². The second kappa shape index (κ2) is 4.28. The topological polar surface area (TPSA) is 12.0 Å². The van der Waals surface area contributed by atoms with E-state index in [9.17, 15) is 0 Å². The molecule has 0 saturated carbocycles. The molecule has 1 aliphatic carbocycles. The van der Waals surface area contributed by atoms with Crippen molar-refractivity contribution in [3.8, 4) is 0 Å². The summed E-state index contributed by atoms with van der Waals surface area (Å²) in [5.41, 5.74) is 2.95. The van der Waals surface area contributed by atoms with E-state index in [4.69, 9.17) is 0 Å². The van der Waals surface area contributed by atoms with E-state index in [1.165, 1.54) is 18.4 Å². The predicted molar refractivity (Wildman–Crippen MR) is 62.8 cm³/mol. The van der Waals surface area contributed by atoms with Crippen LogP contribution in [0.25, 0.3) is 0 Å². The number of nitrogens with one attached hydrogen (secondary N) is 1. The van der Waals surface area contributed by atoms with Crippen LogP contribution in [0.15, 0.2) is 23.1 Å². The molecule has 14 heavy (non-hydrogen) atoms. The van der Waals surface area contributed by atoms with Crippen LogP contribution in [0, 0.1) is 0 Å². The molecule has 1 aromatic rings. The second-order valence-corrected chi connectivity index (χ2v) is 5.04. The van der Waals surface area contributed by atoms with Gasteiger partial charge in [-0.2, -0.15) is 0 Å². The number of allylic oxidation sites excluding steroid dienone is 1. The Morgan fingerprint density at radius 1 is 1.64 bits per heavy atom. The van der Waals surface area contributed by atoms with Crippen molar-refractivity contribution in [2.45, 2.75) is 32.7 Å². The highest BCUT2D eigenvalue weighted by Crippen LogP contribution is 2.34. The summed E-state index contributed by atoms with van der Waals surface area (Å²) in [6.07, 6.45) is 4.79. The number of hydrogen-bond acceptors (Lipinski definition) is 2. The van der Waals surface area contributed by atoms with E-state index in [-0.39, 0.29) is 0 Å². The third-order valence-electron chi connectivity index (χ3n) is 2.67. The molecular formula is C12H17NS. The zero-order valence-corrected chi connectivity index (χ0v) is 9.66. The maximum absolute atomic E-state index is 3.59. The van der Waals surface area contributed by atoms with Crippen LogP contribution in [0.2, 0.25) is 0 Å². The highest BCUT2D eigenvalue weighted by atomic mass is 32.1. The van der Waals surface area contributed by atoms with Gasteiger partial charge in [-0.3, -0.25) is 0 Å². The molecule has 0 spiro atoms. The smallest absolute Gasteiger partial charge is 0.0423 e. The van der Waals surface area contributed by atoms with Crippen LogP contribution >= 0.6 is 11.3 Å². The molecule has 1 nitrogen and oxygen atoms in total. The van der Waals surface area contributed by atoms with Crippen molar-refractivity contribution >= 4 is 11.3 Å². The molecule has 0 radical (unpaired) electrons. The fraction of sp³-hybridized carbons (Fsp3) is 0.500. The number of hydrogen-bond donors (Lipinski definition) is 1. The molecule has 2 heteroatoms. The van der Waals surface area contributed by atoms with Gasteiger partial charge >= 0.3 is 0 Å². The van der Waals surface area contributed by atoms with Gasteiger partial charge in [-0.15, -0.1) is 11.3 Å². The lowest BCUT2D eigenvalue weighted by molar-refractivity contribution is 0.569. The number of thiophene rings is 1. The minimum atomic E-state index is 0.612. The summed E-state index contributed by atoms with van der Waals surface area (Å²) >= 11 is 1.90. The Bertz CT molecular complexity index is 334. The van der Waals surface area contributed by atoms with E-state index in [1.807, 2.05) is 11.3 Å². The molecule has 1 heterocycles. The largest absolute Gasteiger partial charge is 0.306 e. The van der Waals surface area contributed by atoms with Crippen molar-refractivity contribution in [2.75, 3.05) is 6.54 Å². The Hall–Kier alpha value is -0.600. The summed E-state index contributed by atoms with van der Waals surface area (Å²) in [6.45, 7) is 5.30. The minimum absolute atomic E-state index is 0.612. The lowest BCUT2D eigenvalue weighted by Crippen LogP contribution is -2.18. The van der Waals surface area contributed by atoms with Gasteiger partial charge in [0.2, 0.25) is 0 Å². The van der Waals surface area contributed by atoms with E-state index in [2.05, 4.69) is 36.7 Å². The molecule has 1 unspecified atom stereocenters. The summed E-state index contributed by atoms with van der Waals surface area (Å²) in [5, 5.41) is 5.80. The van der Waals surface area contributed by atoms with E-state index in [0.717, 1.165) is 6.54 Å². The summed E-state index contributed by atoms with van der Waals surface area (Å²) in [5.74, 6) is 0. The van der Waals surface area contributed by atoms with E-state index in [1.54, 1.807) is 10.4 Å². The van der Waals surface area contributed by atoms with E-state index >= 15 is 0 Å². The Labute approximate surface area is 89.8 Å². The van der Waals surface area contributed by atoms with Crippen LogP contribution in [0.3, 0.4) is 0 Å². The van der Waals surface area contributed by atoms with Crippen LogP contribution in [0.1, 0.15) is 36.8 Å². The Kier molecular flexibility index (Phi) is 3.04. The van der Waals surface area contributed by atoms with Crippen molar-refractivity contribution < 1.29 is 0 Å². The summed E-state index contributed by atoms with van der Waals surface area (Å²) in [4.78, 5) is 1.56. The molecule has 1 aliphatic rings. The normalized spacial score (nSPS) is 19.4. The van der Waals surface area contributed by atoms with Crippen molar-refractivity contribution in [1.29, 1.82) is 0 Å². The lowest BCUT2D eigenvalue weighted by atomic mass is 10.2. The van der Waals surface area contributed by atoms with Crippen LogP contribution in [0.5, 0.6) is 0 Å². The third-order valence-corrected chi connectivity index (χ3v) is 3.75. The Morgan fingerprint density at radius 3 is 3.29 bits per heavy atom. The Morgan fingerprint density at radius 2 is 2.50 bits per heavy atom. The first-order valence-corrected chi connectivity index (χ1v) is 6.08. The fourth-order valence-electron chi connectivity index (χ4n) is 1.89. The average molecular weight is 207 g/mol. The molecule has 2 rings (SSSR count). The maximum Gasteiger partial charge on any atom is 0.0423 e. The summed E-state index contributed by atoms with van der Waals surface area (Å²) < 4.78 is 0. The van der Waals surface area contributed by atoms with Gasteiger partial charge in [-0.1, -0.05) is 11.6 Å². The van der Waals surface area contributed by atoms with E-state index < -0.39 is 0 Å². The zero-order chi connectivity index (χ0) is 9.97. The number of rotatable bonds is 3. The first kappa shape index (κ1) is 9.94. The highest BCUT2D eigenvalue weighted by Gasteiger charge is 2.22. The van der Waals surface area contributed by atoms with Gasteiger partial charge in [-0.05, 0) is 43.7 Å². The van der Waals surface area contributed by atoms with Crippen LogP contribution in [0.4, 0.5) is 0 Å². The van der Waals surface area contributed by atoms with Gasteiger partial charge in [0.1, 0.15) is 0 Å². The molecule has 0 amide bonds. The van der Waals surface area contributed by atoms with Crippen LogP contribution < -0.4 is 5.32 Å². The average Bonchev–Trinajstić information content (AvgIpc) is 2.67. The molecule has 0 aliphatic heterocycles. The molecule has 1 atom stereocenters. The van der Waals surface area contributed by atoms with Crippen molar-refractivity contribution in [3.63, 3.8) is 0 Å². The summed E-state index contributed by atoms with van der Waals surface area (Å²) in [6, 6.07) is 2.88. The quantitative estimate of drug-likeness (QED) is 0.750. The fourth-order valence-corrected chi connectivity index (χ4v) is 2.96. The predicted octanol–water partition coefficient (Wildman–Crippen LogP) is 3.29. The Balaban J connectivity index is 1.93. The third kappa shape index (κ3) is 2.07. The molecule has 76 valence electrons. The zero-order valence-electron chi connectivity index (χ0n) is 8.84. The first-order valence-electron chi connectivity index (χ1n) is 5.20. The van der Waals surface area contributed by atoms with Crippen molar-refractivity contribution in [2.24, 2.45) is 0 Å². The highest BCUT2D eigenvalue weighted by molar-refractivity contribution is 7.10. The minimum Gasteiger partial charge on any atom is -0.306 e. The molecule has 1 N–H and O–H groups in total. The van der Waals surface area contributed by atoms with Gasteiger partial charge in [0, 0.05) is 17.5 Å². The number of fused-ring (bicyclic) bond motifs is 1. The van der Waals surface area contributed by atoms with Crippen molar-refractivity contribution in [1.82, 2.24) is 5.32 Å². The van der Waals surface area contributed by atoms with E-state index in [0.29, 0.717) is 6.04 Å². The lowest BCUT2D eigenvalue weighted by Gasteiger charge is -2.10. The molecule has 0 aromatic carbocycles. The first-order chi connectivity index (χ1) is 6.77. The van der Waals surface area contributed by atoms with Gasteiger partial charge in [0.15, 0.2) is 0 Å². The monoisotopic (exact) mass is 207 g/mol. The second-order valence-electron chi connectivity index (χ2n) is 4.09. The molecule has 0 saturated heterocycles. The standard InChI is InChI=1S/C12H17NS/c1-9(2)5-7-13-11-4-3-10-6-8-14-12(10)11/h5-6,8,11,13H,3-4,7H2,1-2H3. The van der Waals surface area contributed by atoms with Gasteiger partial charge in [0.25, 0.3) is 0 Å². The molecule has 0 fully saturated rings. The molecular weight excluding hydrogens is 190 g/mol. The number of aryl methyl sites for hydroxylation is 1. The van der Waals surface area contributed by atoms with Gasteiger partial charge in [0.05, 0.1) is 0 Å². The van der Waals surface area contributed by atoms with Gasteiger partial charge in [-0.25, -0.2) is 0 Å². The van der Waals surface area contributed by atoms with Gasteiger partial charge < -0.3 is 5.32 Å². The summed E-state index contributed by atoms with van der Waals surface area (Å²) in [7, 11) is 0.